The van der Waals surface area contributed by atoms with E-state index in [0.29, 0.717) is 23.9 Å². The van der Waals surface area contributed by atoms with Gasteiger partial charge in [-0.25, -0.2) is 4.39 Å². The van der Waals surface area contributed by atoms with Crippen LogP contribution in [0.4, 0.5) is 4.39 Å². The molecule has 0 spiro atoms. The lowest BCUT2D eigenvalue weighted by molar-refractivity contribution is 0.281. The lowest BCUT2D eigenvalue weighted by Crippen LogP contribution is -2.18. The summed E-state index contributed by atoms with van der Waals surface area (Å²) >= 11 is 0. The first-order chi connectivity index (χ1) is 10.1. The molecule has 0 saturated carbocycles. The monoisotopic (exact) mass is 293 g/mol. The van der Waals surface area contributed by atoms with E-state index >= 15 is 0 Å². The highest BCUT2D eigenvalue weighted by Crippen LogP contribution is 2.22. The number of halogens is 1. The second kappa shape index (κ2) is 7.17. The first kappa shape index (κ1) is 15.4. The van der Waals surface area contributed by atoms with Gasteiger partial charge < -0.3 is 15.0 Å². The molecule has 0 aliphatic carbocycles. The van der Waals surface area contributed by atoms with Crippen molar-refractivity contribution in [2.45, 2.75) is 45.8 Å². The molecule has 2 aromatic rings. The van der Waals surface area contributed by atoms with Crippen LogP contribution in [-0.2, 0) is 19.4 Å². The van der Waals surface area contributed by atoms with Gasteiger partial charge in [0.15, 0.2) is 6.61 Å². The summed E-state index contributed by atoms with van der Waals surface area (Å²) in [5.74, 6) is 1.37. The van der Waals surface area contributed by atoms with Crippen LogP contribution in [0.15, 0.2) is 22.7 Å². The van der Waals surface area contributed by atoms with Gasteiger partial charge in [0, 0.05) is 12.5 Å². The molecule has 1 unspecified atom stereocenters. The van der Waals surface area contributed by atoms with Crippen molar-refractivity contribution in [2.24, 2.45) is 5.73 Å². The molecule has 0 fully saturated rings. The molecule has 5 nitrogen and oxygen atoms in total. The molecule has 1 aromatic carbocycles. The molecule has 1 heterocycles. The number of benzene rings is 1. The van der Waals surface area contributed by atoms with E-state index < -0.39 is 0 Å². The molecule has 2 N–H and O–H groups in total. The van der Waals surface area contributed by atoms with Gasteiger partial charge in [-0.3, -0.25) is 0 Å². The van der Waals surface area contributed by atoms with Gasteiger partial charge in [0.05, 0.1) is 0 Å². The molecule has 1 aromatic heterocycles. The molecule has 6 heteroatoms. The average Bonchev–Trinajstić information content (AvgIpc) is 2.85. The van der Waals surface area contributed by atoms with Crippen LogP contribution < -0.4 is 10.5 Å². The molecular weight excluding hydrogens is 273 g/mol. The highest BCUT2D eigenvalue weighted by molar-refractivity contribution is 5.34. The number of nitrogens with two attached hydrogens (primary N) is 1. The van der Waals surface area contributed by atoms with Crippen LogP contribution >= 0.6 is 0 Å². The predicted molar refractivity (Wildman–Crippen MR) is 76.4 cm³/mol. The van der Waals surface area contributed by atoms with Crippen molar-refractivity contribution in [3.05, 3.63) is 41.3 Å². The molecule has 114 valence electrons. The summed E-state index contributed by atoms with van der Waals surface area (Å²) in [7, 11) is 0. The molecule has 0 bridgehead atoms. The largest absolute Gasteiger partial charge is 0.485 e. The van der Waals surface area contributed by atoms with Gasteiger partial charge in [-0.1, -0.05) is 12.1 Å². The van der Waals surface area contributed by atoms with Crippen molar-refractivity contribution in [1.29, 1.82) is 0 Å². The van der Waals surface area contributed by atoms with Crippen LogP contribution in [-0.4, -0.2) is 16.2 Å². The van der Waals surface area contributed by atoms with E-state index in [4.69, 9.17) is 15.0 Å². The zero-order valence-corrected chi connectivity index (χ0v) is 12.3. The van der Waals surface area contributed by atoms with Gasteiger partial charge in [-0.05, 0) is 43.5 Å². The Balaban J connectivity index is 2.04. The highest BCUT2D eigenvalue weighted by atomic mass is 19.1. The van der Waals surface area contributed by atoms with E-state index in [9.17, 15) is 4.39 Å². The molecular formula is C15H20FN3O2. The fraction of sp³-hybridized carbons (Fsp3) is 0.467. The molecule has 21 heavy (non-hydrogen) atoms. The molecule has 0 aliphatic heterocycles. The Labute approximate surface area is 123 Å². The fourth-order valence-electron chi connectivity index (χ4n) is 2.00. The van der Waals surface area contributed by atoms with Crippen LogP contribution in [0.1, 0.15) is 37.5 Å². The Morgan fingerprint density at radius 1 is 1.43 bits per heavy atom. The van der Waals surface area contributed by atoms with Crippen LogP contribution in [0.3, 0.4) is 0 Å². The summed E-state index contributed by atoms with van der Waals surface area (Å²) in [6.07, 6.45) is 2.24. The minimum absolute atomic E-state index is 0.0736. The van der Waals surface area contributed by atoms with Crippen molar-refractivity contribution in [3.63, 3.8) is 0 Å². The normalized spacial score (nSPS) is 12.4. The number of aromatic nitrogens is 2. The molecule has 0 radical (unpaired) electrons. The van der Waals surface area contributed by atoms with Gasteiger partial charge >= 0.3 is 0 Å². The quantitative estimate of drug-likeness (QED) is 0.849. The fourth-order valence-corrected chi connectivity index (χ4v) is 2.00. The predicted octanol–water partition coefficient (Wildman–Crippen LogP) is 2.63. The third-order valence-electron chi connectivity index (χ3n) is 2.90. The summed E-state index contributed by atoms with van der Waals surface area (Å²) in [5, 5.41) is 3.85. The van der Waals surface area contributed by atoms with Gasteiger partial charge in [0.2, 0.25) is 11.7 Å². The Hall–Kier alpha value is -1.95. The topological polar surface area (TPSA) is 74.2 Å². The number of hydrogen-bond donors (Lipinski definition) is 1. The Morgan fingerprint density at radius 3 is 2.95 bits per heavy atom. The van der Waals surface area contributed by atoms with Crippen molar-refractivity contribution in [2.75, 3.05) is 0 Å². The summed E-state index contributed by atoms with van der Waals surface area (Å²) < 4.78 is 24.1. The van der Waals surface area contributed by atoms with Gasteiger partial charge in [0.25, 0.3) is 0 Å². The minimum atomic E-state index is -0.303. The molecule has 0 aliphatic rings. The third-order valence-corrected chi connectivity index (χ3v) is 2.90. The molecule has 0 saturated heterocycles. The van der Waals surface area contributed by atoms with Crippen molar-refractivity contribution >= 4 is 0 Å². The smallest absolute Gasteiger partial charge is 0.226 e. The van der Waals surface area contributed by atoms with Crippen molar-refractivity contribution in [1.82, 2.24) is 10.1 Å². The maximum absolute atomic E-state index is 13.3. The van der Waals surface area contributed by atoms with Gasteiger partial charge in [0.1, 0.15) is 11.6 Å². The second-order valence-corrected chi connectivity index (χ2v) is 5.08. The number of rotatable bonds is 7. The minimum Gasteiger partial charge on any atom is -0.485 e. The number of hydrogen-bond acceptors (Lipinski definition) is 5. The first-order valence-electron chi connectivity index (χ1n) is 7.06. The summed E-state index contributed by atoms with van der Waals surface area (Å²) in [6, 6.07) is 4.33. The van der Waals surface area contributed by atoms with Gasteiger partial charge in [-0.2, -0.15) is 4.98 Å². The SMILES string of the molecule is CCCc1nc(COc2ccc(F)cc2CC(C)N)no1. The molecule has 1 atom stereocenters. The number of ether oxygens (including phenoxy) is 1. The third kappa shape index (κ3) is 4.53. The van der Waals surface area contributed by atoms with Gasteiger partial charge in [-0.15, -0.1) is 0 Å². The van der Waals surface area contributed by atoms with Crippen molar-refractivity contribution in [3.8, 4) is 5.75 Å². The molecule has 0 amide bonds. The van der Waals surface area contributed by atoms with E-state index in [-0.39, 0.29) is 18.5 Å². The Bertz CT molecular complexity index is 584. The Morgan fingerprint density at radius 2 is 2.24 bits per heavy atom. The lowest BCUT2D eigenvalue weighted by Gasteiger charge is -2.12. The number of nitrogens with zero attached hydrogens (tertiary/aromatic N) is 2. The standard InChI is InChI=1S/C15H20FN3O2/c1-3-4-15-18-14(19-21-15)9-20-13-6-5-12(16)8-11(13)7-10(2)17/h5-6,8,10H,3-4,7,9,17H2,1-2H3. The van der Waals surface area contributed by atoms with E-state index in [1.165, 1.54) is 12.1 Å². The maximum atomic E-state index is 13.3. The highest BCUT2D eigenvalue weighted by Gasteiger charge is 2.10. The van der Waals surface area contributed by atoms with Crippen LogP contribution in [0, 0.1) is 5.82 Å². The Kier molecular flexibility index (Phi) is 5.27. The molecule has 2 rings (SSSR count). The maximum Gasteiger partial charge on any atom is 0.226 e. The van der Waals surface area contributed by atoms with E-state index in [1.807, 2.05) is 13.8 Å². The summed E-state index contributed by atoms with van der Waals surface area (Å²) in [5.41, 5.74) is 6.51. The first-order valence-corrected chi connectivity index (χ1v) is 7.06. The number of aryl methyl sites for hydroxylation is 1. The van der Waals surface area contributed by atoms with Crippen LogP contribution in [0.25, 0.3) is 0 Å². The summed E-state index contributed by atoms with van der Waals surface area (Å²) in [6.45, 7) is 4.09. The van der Waals surface area contributed by atoms with Crippen molar-refractivity contribution < 1.29 is 13.7 Å². The van der Waals surface area contributed by atoms with Crippen LogP contribution in [0.5, 0.6) is 5.75 Å². The van der Waals surface area contributed by atoms with E-state index in [1.54, 1.807) is 6.07 Å². The zero-order chi connectivity index (χ0) is 15.2. The van der Waals surface area contributed by atoms with Crippen LogP contribution in [0.2, 0.25) is 0 Å². The summed E-state index contributed by atoms with van der Waals surface area (Å²) in [4.78, 5) is 4.22. The van der Waals surface area contributed by atoms with E-state index in [0.717, 1.165) is 18.4 Å². The average molecular weight is 293 g/mol. The lowest BCUT2D eigenvalue weighted by atomic mass is 10.1. The van der Waals surface area contributed by atoms with E-state index in [2.05, 4.69) is 10.1 Å². The second-order valence-electron chi connectivity index (χ2n) is 5.08. The zero-order valence-electron chi connectivity index (χ0n) is 12.3.